The number of hydrogen-bond donors (Lipinski definition) is 1. The topological polar surface area (TPSA) is 68.6 Å². The summed E-state index contributed by atoms with van der Waals surface area (Å²) in [7, 11) is 1.90. The molecule has 5 rings (SSSR count). The second-order valence-electron chi connectivity index (χ2n) is 7.37. The molecule has 0 aliphatic rings. The molecule has 0 amide bonds. The monoisotopic (exact) mass is 383 g/mol. The Hall–Kier alpha value is -3.67. The zero-order chi connectivity index (χ0) is 20.0. The average Bonchev–Trinajstić information content (AvgIpc) is 3.33. The van der Waals surface area contributed by atoms with Gasteiger partial charge in [-0.15, -0.1) is 0 Å². The van der Waals surface area contributed by atoms with Gasteiger partial charge < -0.3 is 4.74 Å². The van der Waals surface area contributed by atoms with E-state index >= 15 is 0 Å². The highest BCUT2D eigenvalue weighted by Gasteiger charge is 2.15. The maximum Gasteiger partial charge on any atom is 0.122 e. The minimum absolute atomic E-state index is 0.117. The Balaban J connectivity index is 1.51. The Morgan fingerprint density at radius 3 is 2.79 bits per heavy atom. The summed E-state index contributed by atoms with van der Waals surface area (Å²) in [5.41, 5.74) is 6.05. The van der Waals surface area contributed by atoms with Crippen LogP contribution in [0.2, 0.25) is 0 Å². The lowest BCUT2D eigenvalue weighted by Gasteiger charge is -2.17. The van der Waals surface area contributed by atoms with E-state index in [1.54, 1.807) is 4.68 Å². The molecule has 5 aromatic rings. The van der Waals surface area contributed by atoms with E-state index in [9.17, 15) is 0 Å². The lowest BCUT2D eigenvalue weighted by molar-refractivity contribution is 0.229. The first-order valence-electron chi connectivity index (χ1n) is 9.57. The van der Waals surface area contributed by atoms with Crippen molar-refractivity contribution in [1.82, 2.24) is 25.0 Å². The molecule has 1 N–H and O–H groups in total. The molecule has 144 valence electrons. The van der Waals surface area contributed by atoms with Crippen LogP contribution in [0.3, 0.4) is 0 Å². The predicted molar refractivity (Wildman–Crippen MR) is 114 cm³/mol. The quantitative estimate of drug-likeness (QED) is 0.476. The first-order valence-corrected chi connectivity index (χ1v) is 9.57. The zero-order valence-electron chi connectivity index (χ0n) is 16.5. The molecule has 0 aliphatic heterocycles. The Kier molecular flexibility index (Phi) is 4.05. The number of aromatic amines is 1. The molecule has 1 atom stereocenters. The molecule has 0 radical (unpaired) electrons. The lowest BCUT2D eigenvalue weighted by atomic mass is 10.0. The van der Waals surface area contributed by atoms with Crippen molar-refractivity contribution in [1.29, 1.82) is 0 Å². The number of H-pyrrole nitrogens is 1. The van der Waals surface area contributed by atoms with Crippen LogP contribution in [0.25, 0.3) is 33.1 Å². The van der Waals surface area contributed by atoms with Gasteiger partial charge in [-0.1, -0.05) is 12.1 Å². The first-order chi connectivity index (χ1) is 14.1. The summed E-state index contributed by atoms with van der Waals surface area (Å²) >= 11 is 0. The number of benzene rings is 2. The fourth-order valence-electron chi connectivity index (χ4n) is 3.73. The molecule has 29 heavy (non-hydrogen) atoms. The normalized spacial score (nSPS) is 12.5. The minimum Gasteiger partial charge on any atom is -0.486 e. The van der Waals surface area contributed by atoms with Crippen molar-refractivity contribution in [2.75, 3.05) is 0 Å². The number of nitrogens with zero attached hydrogens (tertiary/aromatic N) is 4. The van der Waals surface area contributed by atoms with Gasteiger partial charge in [-0.05, 0) is 49.7 Å². The van der Waals surface area contributed by atoms with Gasteiger partial charge >= 0.3 is 0 Å². The number of ether oxygens (including phenoxy) is 1. The summed E-state index contributed by atoms with van der Waals surface area (Å²) in [5.74, 6) is 0.800. The van der Waals surface area contributed by atoms with Crippen molar-refractivity contribution in [3.8, 4) is 17.0 Å². The average molecular weight is 383 g/mol. The van der Waals surface area contributed by atoms with Crippen molar-refractivity contribution in [2.24, 2.45) is 7.05 Å². The highest BCUT2D eigenvalue weighted by atomic mass is 16.5. The maximum atomic E-state index is 6.33. The summed E-state index contributed by atoms with van der Waals surface area (Å²) < 4.78 is 8.10. The van der Waals surface area contributed by atoms with Crippen LogP contribution >= 0.6 is 0 Å². The zero-order valence-corrected chi connectivity index (χ0v) is 16.5. The van der Waals surface area contributed by atoms with E-state index in [1.807, 2.05) is 56.0 Å². The van der Waals surface area contributed by atoms with Crippen LogP contribution < -0.4 is 4.74 Å². The standard InChI is InChI=1S/C23H21N5O/c1-14-9-19-18(5-4-6-21(19)24-11-14)15(2)29-17-7-8-22-20(10-17)23(27-26-22)16-12-25-28(3)13-16/h4-13,15H,1-3H3,(H,26,27). The van der Waals surface area contributed by atoms with Crippen molar-refractivity contribution < 1.29 is 4.74 Å². The summed E-state index contributed by atoms with van der Waals surface area (Å²) in [6.45, 7) is 4.13. The second-order valence-corrected chi connectivity index (χ2v) is 7.37. The molecule has 6 heteroatoms. The van der Waals surface area contributed by atoms with Crippen molar-refractivity contribution >= 4 is 21.8 Å². The van der Waals surface area contributed by atoms with Gasteiger partial charge in [0.25, 0.3) is 0 Å². The fourth-order valence-corrected chi connectivity index (χ4v) is 3.73. The highest BCUT2D eigenvalue weighted by molar-refractivity contribution is 5.93. The van der Waals surface area contributed by atoms with E-state index in [4.69, 9.17) is 4.74 Å². The van der Waals surface area contributed by atoms with Gasteiger partial charge in [0.15, 0.2) is 0 Å². The molecule has 3 heterocycles. The van der Waals surface area contributed by atoms with Crippen molar-refractivity contribution in [3.63, 3.8) is 0 Å². The molecule has 6 nitrogen and oxygen atoms in total. The summed E-state index contributed by atoms with van der Waals surface area (Å²) in [4.78, 5) is 4.54. The number of hydrogen-bond acceptors (Lipinski definition) is 4. The third-order valence-corrected chi connectivity index (χ3v) is 5.16. The molecule has 0 aliphatic carbocycles. The van der Waals surface area contributed by atoms with E-state index in [-0.39, 0.29) is 6.10 Å². The minimum atomic E-state index is -0.117. The predicted octanol–water partition coefficient (Wildman–Crippen LogP) is 4.96. The Labute approximate surface area is 168 Å². The van der Waals surface area contributed by atoms with Crippen LogP contribution in [0.5, 0.6) is 5.75 Å². The number of rotatable bonds is 4. The van der Waals surface area contributed by atoms with Crippen LogP contribution in [0, 0.1) is 6.92 Å². The van der Waals surface area contributed by atoms with E-state index in [0.29, 0.717) is 0 Å². The van der Waals surface area contributed by atoms with Gasteiger partial charge in [0.05, 0.1) is 17.2 Å². The molecular formula is C23H21N5O. The smallest absolute Gasteiger partial charge is 0.122 e. The lowest BCUT2D eigenvalue weighted by Crippen LogP contribution is -2.04. The first kappa shape index (κ1) is 17.4. The molecule has 2 aromatic carbocycles. The van der Waals surface area contributed by atoms with Crippen molar-refractivity contribution in [3.05, 3.63) is 72.2 Å². The number of aromatic nitrogens is 5. The molecular weight excluding hydrogens is 362 g/mol. The van der Waals surface area contributed by atoms with Crippen LogP contribution in [-0.4, -0.2) is 25.0 Å². The number of pyridine rings is 1. The molecule has 0 fully saturated rings. The van der Waals surface area contributed by atoms with Crippen molar-refractivity contribution in [2.45, 2.75) is 20.0 Å². The van der Waals surface area contributed by atoms with E-state index in [1.165, 1.54) is 0 Å². The molecule has 0 saturated heterocycles. The number of nitrogens with one attached hydrogen (secondary N) is 1. The maximum absolute atomic E-state index is 6.33. The van der Waals surface area contributed by atoms with Gasteiger partial charge in [0, 0.05) is 41.3 Å². The Morgan fingerprint density at radius 1 is 1.07 bits per heavy atom. The van der Waals surface area contributed by atoms with Gasteiger partial charge in [0.2, 0.25) is 0 Å². The molecule has 3 aromatic heterocycles. The van der Waals surface area contributed by atoms with E-state index < -0.39 is 0 Å². The second kappa shape index (κ2) is 6.74. The van der Waals surface area contributed by atoms with E-state index in [2.05, 4.69) is 46.3 Å². The third-order valence-electron chi connectivity index (χ3n) is 5.16. The number of aryl methyl sites for hydroxylation is 2. The van der Waals surface area contributed by atoms with Gasteiger partial charge in [-0.3, -0.25) is 14.8 Å². The summed E-state index contributed by atoms with van der Waals surface area (Å²) in [6, 6.07) is 14.3. The fraction of sp³-hybridized carbons (Fsp3) is 0.174. The molecule has 0 spiro atoms. The molecule has 0 saturated carbocycles. The van der Waals surface area contributed by atoms with Crippen LogP contribution in [0.1, 0.15) is 24.2 Å². The highest BCUT2D eigenvalue weighted by Crippen LogP contribution is 2.32. The SMILES string of the molecule is Cc1cnc2cccc(C(C)Oc3ccc4[nH]nc(-c5cnn(C)c5)c4c3)c2c1. The van der Waals surface area contributed by atoms with Gasteiger partial charge in [-0.25, -0.2) is 0 Å². The Bertz CT molecular complexity index is 1330. The third kappa shape index (κ3) is 3.12. The van der Waals surface area contributed by atoms with Gasteiger partial charge in [-0.2, -0.15) is 10.2 Å². The number of fused-ring (bicyclic) bond motifs is 2. The van der Waals surface area contributed by atoms with Gasteiger partial charge in [0.1, 0.15) is 17.5 Å². The summed E-state index contributed by atoms with van der Waals surface area (Å²) in [6.07, 6.45) is 5.55. The summed E-state index contributed by atoms with van der Waals surface area (Å²) in [5, 5.41) is 13.9. The van der Waals surface area contributed by atoms with Crippen LogP contribution in [0.4, 0.5) is 0 Å². The molecule has 0 bridgehead atoms. The largest absolute Gasteiger partial charge is 0.486 e. The molecule has 1 unspecified atom stereocenters. The van der Waals surface area contributed by atoms with Crippen LogP contribution in [0.15, 0.2) is 61.1 Å². The van der Waals surface area contributed by atoms with Crippen LogP contribution in [-0.2, 0) is 7.05 Å². The Morgan fingerprint density at radius 2 is 1.97 bits per heavy atom. The van der Waals surface area contributed by atoms with E-state index in [0.717, 1.165) is 49.9 Å².